The Morgan fingerprint density at radius 3 is 2.34 bits per heavy atom. The fourth-order valence-electron chi connectivity index (χ4n) is 9.58. The molecule has 2 unspecified atom stereocenters. The van der Waals surface area contributed by atoms with Crippen molar-refractivity contribution in [1.29, 1.82) is 0 Å². The molecule has 1 aromatic rings. The summed E-state index contributed by atoms with van der Waals surface area (Å²) >= 11 is 0. The van der Waals surface area contributed by atoms with Crippen molar-refractivity contribution in [3.05, 3.63) is 47.5 Å². The highest BCUT2D eigenvalue weighted by atomic mass is 16.3. The molecule has 5 rings (SSSR count). The summed E-state index contributed by atoms with van der Waals surface area (Å²) in [4.78, 5) is 0. The van der Waals surface area contributed by atoms with E-state index in [9.17, 15) is 10.2 Å². The van der Waals surface area contributed by atoms with Crippen molar-refractivity contribution in [2.45, 2.75) is 131 Å². The summed E-state index contributed by atoms with van der Waals surface area (Å²) in [6.07, 6.45) is 17.7. The van der Waals surface area contributed by atoms with Crippen LogP contribution in [0.15, 0.2) is 42.0 Å². The van der Waals surface area contributed by atoms with Crippen LogP contribution in [0, 0.1) is 46.3 Å². The Balaban J connectivity index is 0.000000283. The Morgan fingerprint density at radius 1 is 0.921 bits per heavy atom. The lowest BCUT2D eigenvalue weighted by Crippen LogP contribution is -2.50. The van der Waals surface area contributed by atoms with Gasteiger partial charge in [-0.15, -0.1) is 0 Å². The minimum atomic E-state index is -0.291. The fraction of sp³-hybridized carbons (Fsp3) is 0.778. The van der Waals surface area contributed by atoms with Crippen molar-refractivity contribution >= 4 is 0 Å². The highest BCUT2D eigenvalue weighted by molar-refractivity contribution is 5.25. The predicted molar refractivity (Wildman–Crippen MR) is 161 cm³/mol. The van der Waals surface area contributed by atoms with Crippen molar-refractivity contribution in [1.82, 2.24) is 0 Å². The van der Waals surface area contributed by atoms with Gasteiger partial charge < -0.3 is 10.2 Å². The quantitative estimate of drug-likeness (QED) is 0.350. The molecule has 0 aromatic heterocycles. The molecule has 0 amide bonds. The second-order valence-corrected chi connectivity index (χ2v) is 14.5. The van der Waals surface area contributed by atoms with Crippen LogP contribution >= 0.6 is 0 Å². The van der Waals surface area contributed by atoms with Crippen LogP contribution in [-0.2, 0) is 0 Å². The highest BCUT2D eigenvalue weighted by Crippen LogP contribution is 2.67. The van der Waals surface area contributed by atoms with Crippen molar-refractivity contribution in [2.24, 2.45) is 46.3 Å². The molecule has 0 spiro atoms. The lowest BCUT2D eigenvalue weighted by molar-refractivity contribution is -0.0573. The Hall–Kier alpha value is -1.12. The van der Waals surface area contributed by atoms with Gasteiger partial charge in [0.05, 0.1) is 12.2 Å². The fourth-order valence-corrected chi connectivity index (χ4v) is 9.58. The number of rotatable bonds is 7. The van der Waals surface area contributed by atoms with Gasteiger partial charge in [-0.25, -0.2) is 0 Å². The third-order valence-electron chi connectivity index (χ3n) is 11.9. The molecule has 214 valence electrons. The van der Waals surface area contributed by atoms with Gasteiger partial charge in [0.25, 0.3) is 0 Å². The average molecular weight is 523 g/mol. The van der Waals surface area contributed by atoms with Gasteiger partial charge in [-0.05, 0) is 110 Å². The van der Waals surface area contributed by atoms with Crippen LogP contribution < -0.4 is 0 Å². The zero-order chi connectivity index (χ0) is 27.5. The Morgan fingerprint density at radius 2 is 1.66 bits per heavy atom. The van der Waals surface area contributed by atoms with E-state index in [0.29, 0.717) is 10.8 Å². The molecule has 3 fully saturated rings. The van der Waals surface area contributed by atoms with Crippen LogP contribution in [0.25, 0.3) is 0 Å². The first-order valence-electron chi connectivity index (χ1n) is 16.2. The molecule has 4 aliphatic carbocycles. The van der Waals surface area contributed by atoms with Crippen LogP contribution in [0.3, 0.4) is 0 Å². The van der Waals surface area contributed by atoms with E-state index in [1.807, 2.05) is 37.3 Å². The standard InChI is InChI=1S/C27H46O.C9H12O/c1-18(2)7-6-8-19(3)23-11-12-24-22-10-9-20-17-21(28)13-15-26(20,4)25(22)14-16-27(23,24)5;1-2-9(10)8-6-4-3-5-7-8/h9,18-19,21-25,28H,6-8,10-17H2,1-5H3;3-7,9-10H,2H2,1H3/t19?,21-,22-,23+,24-,25-,26-,27+;/m0./s1. The maximum Gasteiger partial charge on any atom is 0.0787 e. The van der Waals surface area contributed by atoms with Gasteiger partial charge in [0.2, 0.25) is 0 Å². The van der Waals surface area contributed by atoms with Crippen molar-refractivity contribution in [3.8, 4) is 0 Å². The number of hydrogen-bond acceptors (Lipinski definition) is 2. The van der Waals surface area contributed by atoms with Gasteiger partial charge in [0.1, 0.15) is 0 Å². The summed E-state index contributed by atoms with van der Waals surface area (Å²) in [5.41, 5.74) is 3.61. The maximum absolute atomic E-state index is 10.2. The zero-order valence-corrected chi connectivity index (χ0v) is 25.5. The molecule has 9 atom stereocenters. The second-order valence-electron chi connectivity index (χ2n) is 14.5. The number of benzene rings is 1. The molecule has 0 saturated heterocycles. The molecular formula is C36H58O2. The maximum atomic E-state index is 10.2. The van der Waals surface area contributed by atoms with Crippen LogP contribution in [-0.4, -0.2) is 16.3 Å². The Bertz CT molecular complexity index is 905. The van der Waals surface area contributed by atoms with Crippen molar-refractivity contribution < 1.29 is 10.2 Å². The summed E-state index contributed by atoms with van der Waals surface area (Å²) < 4.78 is 0. The number of aliphatic hydroxyl groups excluding tert-OH is 2. The molecule has 2 N–H and O–H groups in total. The normalized spacial score (nSPS) is 37.7. The number of aliphatic hydroxyl groups is 2. The van der Waals surface area contributed by atoms with E-state index in [-0.39, 0.29) is 12.2 Å². The summed E-state index contributed by atoms with van der Waals surface area (Å²) in [5.74, 6) is 5.46. The van der Waals surface area contributed by atoms with Crippen LogP contribution in [0.2, 0.25) is 0 Å². The van der Waals surface area contributed by atoms with E-state index in [1.54, 1.807) is 5.57 Å². The molecular weight excluding hydrogens is 464 g/mol. The van der Waals surface area contributed by atoms with E-state index in [4.69, 9.17) is 0 Å². The van der Waals surface area contributed by atoms with E-state index < -0.39 is 0 Å². The zero-order valence-electron chi connectivity index (χ0n) is 25.5. The van der Waals surface area contributed by atoms with Gasteiger partial charge in [-0.3, -0.25) is 0 Å². The molecule has 0 radical (unpaired) electrons. The van der Waals surface area contributed by atoms with Crippen LogP contribution in [0.5, 0.6) is 0 Å². The molecule has 2 heteroatoms. The first-order valence-corrected chi connectivity index (χ1v) is 16.2. The summed E-state index contributed by atoms with van der Waals surface area (Å²) in [6, 6.07) is 9.70. The van der Waals surface area contributed by atoms with E-state index in [2.05, 4.69) is 40.7 Å². The van der Waals surface area contributed by atoms with Crippen molar-refractivity contribution in [3.63, 3.8) is 0 Å². The lowest BCUT2D eigenvalue weighted by atomic mass is 9.47. The second kappa shape index (κ2) is 12.6. The topological polar surface area (TPSA) is 40.5 Å². The van der Waals surface area contributed by atoms with Gasteiger partial charge in [-0.2, -0.15) is 0 Å². The molecule has 2 nitrogen and oxygen atoms in total. The predicted octanol–water partition coefficient (Wildman–Crippen LogP) is 9.52. The molecule has 0 aliphatic heterocycles. The SMILES string of the molecule is CC(C)CCCC(C)[C@H]1CC[C@H]2[C@@H]3CC=C4C[C@@H](O)CC[C@]4(C)[C@H]3CC[C@]12C.CCC(O)c1ccccc1. The number of fused-ring (bicyclic) bond motifs is 5. The number of hydrogen-bond donors (Lipinski definition) is 2. The minimum absolute atomic E-state index is 0.0766. The summed E-state index contributed by atoms with van der Waals surface area (Å²) in [5, 5.41) is 19.5. The third kappa shape index (κ3) is 6.12. The van der Waals surface area contributed by atoms with E-state index in [0.717, 1.165) is 60.3 Å². The molecule has 3 saturated carbocycles. The first-order chi connectivity index (χ1) is 18.1. The highest BCUT2D eigenvalue weighted by Gasteiger charge is 2.59. The average Bonchev–Trinajstić information content (AvgIpc) is 3.26. The third-order valence-corrected chi connectivity index (χ3v) is 11.9. The van der Waals surface area contributed by atoms with E-state index in [1.165, 1.54) is 57.8 Å². The van der Waals surface area contributed by atoms with E-state index >= 15 is 0 Å². The van der Waals surface area contributed by atoms with Crippen molar-refractivity contribution in [2.75, 3.05) is 0 Å². The lowest BCUT2D eigenvalue weighted by Gasteiger charge is -2.58. The summed E-state index contributed by atoms with van der Waals surface area (Å²) in [7, 11) is 0. The van der Waals surface area contributed by atoms with Crippen LogP contribution in [0.4, 0.5) is 0 Å². The Labute approximate surface area is 234 Å². The molecule has 38 heavy (non-hydrogen) atoms. The van der Waals surface area contributed by atoms with Gasteiger partial charge >= 0.3 is 0 Å². The molecule has 1 aromatic carbocycles. The molecule has 4 aliphatic rings. The largest absolute Gasteiger partial charge is 0.393 e. The van der Waals surface area contributed by atoms with Gasteiger partial charge in [-0.1, -0.05) is 103 Å². The Kier molecular flexibility index (Phi) is 9.89. The molecule has 0 bridgehead atoms. The minimum Gasteiger partial charge on any atom is -0.393 e. The smallest absolute Gasteiger partial charge is 0.0787 e. The first kappa shape index (κ1) is 29.9. The summed E-state index contributed by atoms with van der Waals surface area (Å²) in [6.45, 7) is 14.5. The van der Waals surface area contributed by atoms with Gasteiger partial charge in [0.15, 0.2) is 0 Å². The number of allylic oxidation sites excluding steroid dienone is 1. The van der Waals surface area contributed by atoms with Crippen LogP contribution in [0.1, 0.15) is 130 Å². The monoisotopic (exact) mass is 522 g/mol. The molecule has 0 heterocycles. The van der Waals surface area contributed by atoms with Gasteiger partial charge in [0, 0.05) is 0 Å².